The number of unbranched alkanes of at least 4 members (excludes halogenated alkanes) is 5. The van der Waals surface area contributed by atoms with E-state index < -0.39 is 0 Å². The van der Waals surface area contributed by atoms with E-state index >= 15 is 0 Å². The molecule has 1 aromatic carbocycles. The van der Waals surface area contributed by atoms with E-state index in [1.165, 1.54) is 80.9 Å². The lowest BCUT2D eigenvalue weighted by Gasteiger charge is -2.27. The molecule has 0 bridgehead atoms. The first-order chi connectivity index (χ1) is 11.2. The van der Waals surface area contributed by atoms with Crippen molar-refractivity contribution in [1.29, 1.82) is 0 Å². The fourth-order valence-corrected chi connectivity index (χ4v) is 3.92. The SMILES string of the molecule is CCCCCCCCc1ccc2c(c1)CCC[C@H]2C[C@H](N)CO. The minimum atomic E-state index is -0.0752. The number of aliphatic hydroxyl groups is 1. The monoisotopic (exact) mass is 317 g/mol. The van der Waals surface area contributed by atoms with Crippen LogP contribution >= 0.6 is 0 Å². The molecule has 23 heavy (non-hydrogen) atoms. The van der Waals surface area contributed by atoms with Gasteiger partial charge in [-0.15, -0.1) is 0 Å². The Morgan fingerprint density at radius 1 is 1.17 bits per heavy atom. The van der Waals surface area contributed by atoms with Crippen molar-refractivity contribution in [2.24, 2.45) is 5.73 Å². The third kappa shape index (κ3) is 5.93. The Morgan fingerprint density at radius 3 is 2.74 bits per heavy atom. The van der Waals surface area contributed by atoms with Crippen molar-refractivity contribution in [2.45, 2.75) is 89.5 Å². The van der Waals surface area contributed by atoms with Crippen molar-refractivity contribution in [2.75, 3.05) is 6.61 Å². The molecular formula is C21H35NO. The zero-order valence-corrected chi connectivity index (χ0v) is 14.9. The second-order valence-corrected chi connectivity index (χ2v) is 7.32. The fraction of sp³-hybridized carbons (Fsp3) is 0.714. The van der Waals surface area contributed by atoms with Crippen LogP contribution in [0.1, 0.15) is 87.3 Å². The number of aryl methyl sites for hydroxylation is 2. The highest BCUT2D eigenvalue weighted by atomic mass is 16.3. The molecule has 0 spiro atoms. The summed E-state index contributed by atoms with van der Waals surface area (Å²) < 4.78 is 0. The molecule has 0 aromatic heterocycles. The van der Waals surface area contributed by atoms with E-state index in [1.54, 1.807) is 0 Å². The van der Waals surface area contributed by atoms with Crippen LogP contribution in [0.15, 0.2) is 18.2 Å². The molecule has 1 aliphatic carbocycles. The van der Waals surface area contributed by atoms with Gasteiger partial charge < -0.3 is 10.8 Å². The first-order valence-corrected chi connectivity index (χ1v) is 9.72. The first-order valence-electron chi connectivity index (χ1n) is 9.72. The number of nitrogens with two attached hydrogens (primary N) is 1. The minimum Gasteiger partial charge on any atom is -0.395 e. The molecule has 1 aliphatic rings. The molecule has 130 valence electrons. The summed E-state index contributed by atoms with van der Waals surface area (Å²) in [7, 11) is 0. The van der Waals surface area contributed by atoms with Crippen LogP contribution in [0.2, 0.25) is 0 Å². The lowest BCUT2D eigenvalue weighted by atomic mass is 9.79. The van der Waals surface area contributed by atoms with Gasteiger partial charge in [0.2, 0.25) is 0 Å². The molecule has 0 radical (unpaired) electrons. The third-order valence-electron chi connectivity index (χ3n) is 5.29. The van der Waals surface area contributed by atoms with Gasteiger partial charge >= 0.3 is 0 Å². The number of hydrogen-bond donors (Lipinski definition) is 2. The van der Waals surface area contributed by atoms with E-state index in [0.29, 0.717) is 5.92 Å². The molecule has 3 N–H and O–H groups in total. The van der Waals surface area contributed by atoms with Crippen LogP contribution in [-0.2, 0) is 12.8 Å². The van der Waals surface area contributed by atoms with Gasteiger partial charge in [-0.25, -0.2) is 0 Å². The van der Waals surface area contributed by atoms with Gasteiger partial charge in [-0.2, -0.15) is 0 Å². The van der Waals surface area contributed by atoms with E-state index in [0.717, 1.165) is 6.42 Å². The summed E-state index contributed by atoms with van der Waals surface area (Å²) in [5.41, 5.74) is 10.5. The molecule has 2 atom stereocenters. The zero-order chi connectivity index (χ0) is 16.5. The molecule has 0 saturated carbocycles. The Hall–Kier alpha value is -0.860. The highest BCUT2D eigenvalue weighted by molar-refractivity contribution is 5.36. The van der Waals surface area contributed by atoms with Gasteiger partial charge in [0.05, 0.1) is 6.61 Å². The number of hydrogen-bond acceptors (Lipinski definition) is 2. The molecule has 2 rings (SSSR count). The summed E-state index contributed by atoms with van der Waals surface area (Å²) in [5, 5.41) is 9.21. The molecule has 2 heteroatoms. The van der Waals surface area contributed by atoms with Crippen molar-refractivity contribution in [1.82, 2.24) is 0 Å². The van der Waals surface area contributed by atoms with Crippen molar-refractivity contribution in [3.63, 3.8) is 0 Å². The average molecular weight is 318 g/mol. The topological polar surface area (TPSA) is 46.2 Å². The van der Waals surface area contributed by atoms with Crippen molar-refractivity contribution < 1.29 is 5.11 Å². The predicted octanol–water partition coefficient (Wildman–Crippen LogP) is 4.72. The van der Waals surface area contributed by atoms with Gasteiger partial charge in [0, 0.05) is 6.04 Å². The van der Waals surface area contributed by atoms with Crippen molar-refractivity contribution in [3.05, 3.63) is 34.9 Å². The van der Waals surface area contributed by atoms with Crippen LogP contribution in [0.3, 0.4) is 0 Å². The standard InChI is InChI=1S/C21H35NO/c1-2-3-4-5-6-7-9-17-12-13-21-18(14-17)10-8-11-19(21)15-20(22)16-23/h12-14,19-20,23H,2-11,15-16,22H2,1H3/t19-,20-/m0/s1. The van der Waals surface area contributed by atoms with Crippen LogP contribution in [0, 0.1) is 0 Å². The molecule has 0 saturated heterocycles. The summed E-state index contributed by atoms with van der Waals surface area (Å²) in [6, 6.07) is 7.04. The molecule has 2 nitrogen and oxygen atoms in total. The smallest absolute Gasteiger partial charge is 0.0582 e. The van der Waals surface area contributed by atoms with Gasteiger partial charge in [-0.3, -0.25) is 0 Å². The van der Waals surface area contributed by atoms with E-state index in [9.17, 15) is 5.11 Å². The molecule has 1 aromatic rings. The fourth-order valence-electron chi connectivity index (χ4n) is 3.92. The maximum absolute atomic E-state index is 9.21. The van der Waals surface area contributed by atoms with Crippen LogP contribution in [0.5, 0.6) is 0 Å². The summed E-state index contributed by atoms with van der Waals surface area (Å²) in [5.74, 6) is 0.545. The summed E-state index contributed by atoms with van der Waals surface area (Å²) in [6.45, 7) is 2.37. The highest BCUT2D eigenvalue weighted by Crippen LogP contribution is 2.35. The van der Waals surface area contributed by atoms with Crippen LogP contribution in [0.4, 0.5) is 0 Å². The molecule has 0 amide bonds. The van der Waals surface area contributed by atoms with Gasteiger partial charge in [0.15, 0.2) is 0 Å². The second kappa shape index (κ2) is 10.1. The summed E-state index contributed by atoms with van der Waals surface area (Å²) >= 11 is 0. The Morgan fingerprint density at radius 2 is 1.96 bits per heavy atom. The number of aliphatic hydroxyl groups excluding tert-OH is 1. The van der Waals surface area contributed by atoms with Crippen molar-refractivity contribution in [3.8, 4) is 0 Å². The van der Waals surface area contributed by atoms with Gasteiger partial charge in [0.1, 0.15) is 0 Å². The Balaban J connectivity index is 1.86. The molecule has 0 aliphatic heterocycles. The Labute approximate surface area is 142 Å². The van der Waals surface area contributed by atoms with E-state index in [1.807, 2.05) is 0 Å². The largest absolute Gasteiger partial charge is 0.395 e. The lowest BCUT2D eigenvalue weighted by Crippen LogP contribution is -2.28. The maximum atomic E-state index is 9.21. The molecule has 0 heterocycles. The number of fused-ring (bicyclic) bond motifs is 1. The maximum Gasteiger partial charge on any atom is 0.0582 e. The van der Waals surface area contributed by atoms with E-state index in [-0.39, 0.29) is 12.6 Å². The van der Waals surface area contributed by atoms with Crippen LogP contribution < -0.4 is 5.73 Å². The molecular weight excluding hydrogens is 282 g/mol. The quantitative estimate of drug-likeness (QED) is 0.613. The van der Waals surface area contributed by atoms with Crippen LogP contribution in [0.25, 0.3) is 0 Å². The lowest BCUT2D eigenvalue weighted by molar-refractivity contribution is 0.251. The normalized spacial score (nSPS) is 18.7. The first kappa shape index (κ1) is 18.5. The van der Waals surface area contributed by atoms with Gasteiger partial charge in [-0.05, 0) is 61.1 Å². The predicted molar refractivity (Wildman–Crippen MR) is 98.9 cm³/mol. The van der Waals surface area contributed by atoms with E-state index in [2.05, 4.69) is 25.1 Å². The van der Waals surface area contributed by atoms with E-state index in [4.69, 9.17) is 5.73 Å². The zero-order valence-electron chi connectivity index (χ0n) is 14.9. The number of benzene rings is 1. The average Bonchev–Trinajstić information content (AvgIpc) is 2.58. The number of rotatable bonds is 10. The Bertz CT molecular complexity index is 457. The van der Waals surface area contributed by atoms with Gasteiger partial charge in [0.25, 0.3) is 0 Å². The summed E-state index contributed by atoms with van der Waals surface area (Å²) in [4.78, 5) is 0. The second-order valence-electron chi connectivity index (χ2n) is 7.32. The Kier molecular flexibility index (Phi) is 8.11. The van der Waals surface area contributed by atoms with Crippen LogP contribution in [-0.4, -0.2) is 17.8 Å². The highest BCUT2D eigenvalue weighted by Gasteiger charge is 2.22. The summed E-state index contributed by atoms with van der Waals surface area (Å²) in [6.07, 6.45) is 14.0. The van der Waals surface area contributed by atoms with Gasteiger partial charge in [-0.1, -0.05) is 57.2 Å². The molecule has 0 unspecified atom stereocenters. The van der Waals surface area contributed by atoms with Crippen molar-refractivity contribution >= 4 is 0 Å². The molecule has 0 fully saturated rings. The third-order valence-corrected chi connectivity index (χ3v) is 5.29. The minimum absolute atomic E-state index is 0.0752.